The Kier molecular flexibility index (Phi) is 3.57. The van der Waals surface area contributed by atoms with Crippen molar-refractivity contribution < 1.29 is 5.11 Å². The number of hydrogen-bond donors (Lipinski definition) is 1. The summed E-state index contributed by atoms with van der Waals surface area (Å²) in [6.07, 6.45) is 8.26. The van der Waals surface area contributed by atoms with E-state index in [9.17, 15) is 5.11 Å². The van der Waals surface area contributed by atoms with Crippen molar-refractivity contribution in [3.8, 4) is 0 Å². The molecule has 0 amide bonds. The monoisotopic (exact) mass is 170 g/mol. The first-order valence-corrected chi connectivity index (χ1v) is 5.45. The number of unbranched alkanes of at least 4 members (excludes halogenated alkanes) is 1. The smallest absolute Gasteiger partial charge is 0.0673 e. The molecule has 0 aliphatic heterocycles. The normalized spacial score (nSPS) is 35.8. The summed E-state index contributed by atoms with van der Waals surface area (Å²) in [6, 6.07) is 0. The van der Waals surface area contributed by atoms with E-state index in [0.29, 0.717) is 5.92 Å². The molecule has 1 saturated carbocycles. The Balaban J connectivity index is 2.40. The predicted octanol–water partition coefficient (Wildman–Crippen LogP) is 3.12. The second-order valence-corrected chi connectivity index (χ2v) is 4.19. The maximum atomic E-state index is 10.2. The Labute approximate surface area is 76.2 Å². The van der Waals surface area contributed by atoms with Gasteiger partial charge in [-0.1, -0.05) is 33.1 Å². The summed E-state index contributed by atoms with van der Waals surface area (Å²) >= 11 is 0. The SMILES string of the molecule is CCCCC1CCCC1(O)CC. The van der Waals surface area contributed by atoms with E-state index in [1.165, 1.54) is 32.1 Å². The van der Waals surface area contributed by atoms with Gasteiger partial charge in [-0.2, -0.15) is 0 Å². The summed E-state index contributed by atoms with van der Waals surface area (Å²) in [7, 11) is 0. The van der Waals surface area contributed by atoms with Crippen LogP contribution >= 0.6 is 0 Å². The van der Waals surface area contributed by atoms with E-state index in [0.717, 1.165) is 12.8 Å². The summed E-state index contributed by atoms with van der Waals surface area (Å²) < 4.78 is 0. The van der Waals surface area contributed by atoms with E-state index in [2.05, 4.69) is 13.8 Å². The molecule has 1 nitrogen and oxygen atoms in total. The van der Waals surface area contributed by atoms with Gasteiger partial charge in [0, 0.05) is 0 Å². The molecule has 1 aliphatic rings. The molecule has 0 saturated heterocycles. The van der Waals surface area contributed by atoms with Crippen molar-refractivity contribution in [3.63, 3.8) is 0 Å². The standard InChI is InChI=1S/C11H22O/c1-3-5-7-10-8-6-9-11(10,12)4-2/h10,12H,3-9H2,1-2H3. The van der Waals surface area contributed by atoms with Gasteiger partial charge in [0.25, 0.3) is 0 Å². The Hall–Kier alpha value is -0.0400. The van der Waals surface area contributed by atoms with E-state index in [1.807, 2.05) is 0 Å². The van der Waals surface area contributed by atoms with Crippen LogP contribution in [0.25, 0.3) is 0 Å². The van der Waals surface area contributed by atoms with Gasteiger partial charge in [-0.3, -0.25) is 0 Å². The van der Waals surface area contributed by atoms with Crippen molar-refractivity contribution in [2.45, 2.75) is 64.4 Å². The van der Waals surface area contributed by atoms with Crippen molar-refractivity contribution >= 4 is 0 Å². The Morgan fingerprint density at radius 3 is 2.75 bits per heavy atom. The molecule has 1 rings (SSSR count). The van der Waals surface area contributed by atoms with Gasteiger partial charge in [-0.05, 0) is 31.6 Å². The van der Waals surface area contributed by atoms with Gasteiger partial charge in [0.05, 0.1) is 5.60 Å². The number of rotatable bonds is 4. The lowest BCUT2D eigenvalue weighted by Crippen LogP contribution is -2.31. The highest BCUT2D eigenvalue weighted by molar-refractivity contribution is 4.90. The molecule has 1 N–H and O–H groups in total. The minimum absolute atomic E-state index is 0.296. The summed E-state index contributed by atoms with van der Waals surface area (Å²) in [6.45, 7) is 4.34. The third-order valence-corrected chi connectivity index (χ3v) is 3.44. The fourth-order valence-electron chi connectivity index (χ4n) is 2.46. The predicted molar refractivity (Wildman–Crippen MR) is 52.1 cm³/mol. The minimum atomic E-state index is -0.296. The van der Waals surface area contributed by atoms with Gasteiger partial charge < -0.3 is 5.11 Å². The topological polar surface area (TPSA) is 20.2 Å². The zero-order valence-electron chi connectivity index (χ0n) is 8.47. The van der Waals surface area contributed by atoms with Crippen LogP contribution in [0.5, 0.6) is 0 Å². The molecule has 0 radical (unpaired) electrons. The van der Waals surface area contributed by atoms with Crippen LogP contribution < -0.4 is 0 Å². The van der Waals surface area contributed by atoms with Crippen LogP contribution in [0.4, 0.5) is 0 Å². The molecule has 0 aromatic heterocycles. The van der Waals surface area contributed by atoms with Crippen LogP contribution in [-0.2, 0) is 0 Å². The third kappa shape index (κ3) is 2.01. The van der Waals surface area contributed by atoms with Crippen molar-refractivity contribution in [1.29, 1.82) is 0 Å². The van der Waals surface area contributed by atoms with Crippen molar-refractivity contribution in [2.75, 3.05) is 0 Å². The molecule has 1 heteroatoms. The minimum Gasteiger partial charge on any atom is -0.390 e. The molecule has 12 heavy (non-hydrogen) atoms. The molecular formula is C11H22O. The van der Waals surface area contributed by atoms with Crippen LogP contribution in [0.1, 0.15) is 58.8 Å². The quantitative estimate of drug-likeness (QED) is 0.687. The van der Waals surface area contributed by atoms with E-state index < -0.39 is 0 Å². The lowest BCUT2D eigenvalue weighted by atomic mass is 9.85. The first-order chi connectivity index (χ1) is 5.73. The molecule has 2 unspecified atom stereocenters. The molecule has 0 aromatic carbocycles. The summed E-state index contributed by atoms with van der Waals surface area (Å²) in [5.74, 6) is 0.599. The molecule has 0 spiro atoms. The largest absolute Gasteiger partial charge is 0.390 e. The van der Waals surface area contributed by atoms with Crippen molar-refractivity contribution in [2.24, 2.45) is 5.92 Å². The number of aliphatic hydroxyl groups is 1. The van der Waals surface area contributed by atoms with E-state index in [-0.39, 0.29) is 5.60 Å². The average Bonchev–Trinajstić information content (AvgIpc) is 2.45. The molecule has 1 aliphatic carbocycles. The van der Waals surface area contributed by atoms with Crippen LogP contribution in [0.2, 0.25) is 0 Å². The molecular weight excluding hydrogens is 148 g/mol. The molecule has 1 fully saturated rings. The number of hydrogen-bond acceptors (Lipinski definition) is 1. The summed E-state index contributed by atoms with van der Waals surface area (Å²) in [4.78, 5) is 0. The summed E-state index contributed by atoms with van der Waals surface area (Å²) in [5, 5.41) is 10.2. The van der Waals surface area contributed by atoms with Gasteiger partial charge in [0.2, 0.25) is 0 Å². The second-order valence-electron chi connectivity index (χ2n) is 4.19. The lowest BCUT2D eigenvalue weighted by molar-refractivity contribution is -0.00486. The third-order valence-electron chi connectivity index (χ3n) is 3.44. The molecule has 0 bridgehead atoms. The van der Waals surface area contributed by atoms with Gasteiger partial charge in [-0.15, -0.1) is 0 Å². The van der Waals surface area contributed by atoms with Crippen molar-refractivity contribution in [1.82, 2.24) is 0 Å². The van der Waals surface area contributed by atoms with Crippen molar-refractivity contribution in [3.05, 3.63) is 0 Å². The average molecular weight is 170 g/mol. The van der Waals surface area contributed by atoms with Crippen LogP contribution in [0, 0.1) is 5.92 Å². The highest BCUT2D eigenvalue weighted by Crippen LogP contribution is 2.40. The molecule has 2 atom stereocenters. The fourth-order valence-corrected chi connectivity index (χ4v) is 2.46. The molecule has 72 valence electrons. The molecule has 0 aromatic rings. The van der Waals surface area contributed by atoms with Crippen LogP contribution in [0.15, 0.2) is 0 Å². The zero-order chi connectivity index (χ0) is 9.03. The summed E-state index contributed by atoms with van der Waals surface area (Å²) in [5.41, 5.74) is -0.296. The maximum Gasteiger partial charge on any atom is 0.0673 e. The van der Waals surface area contributed by atoms with E-state index in [4.69, 9.17) is 0 Å². The highest BCUT2D eigenvalue weighted by Gasteiger charge is 2.38. The zero-order valence-corrected chi connectivity index (χ0v) is 8.47. The van der Waals surface area contributed by atoms with E-state index >= 15 is 0 Å². The second kappa shape index (κ2) is 4.27. The highest BCUT2D eigenvalue weighted by atomic mass is 16.3. The Bertz CT molecular complexity index is 133. The maximum absolute atomic E-state index is 10.2. The van der Waals surface area contributed by atoms with Crippen LogP contribution in [-0.4, -0.2) is 10.7 Å². The van der Waals surface area contributed by atoms with Gasteiger partial charge in [-0.25, -0.2) is 0 Å². The molecule has 0 heterocycles. The van der Waals surface area contributed by atoms with Crippen LogP contribution in [0.3, 0.4) is 0 Å². The van der Waals surface area contributed by atoms with Gasteiger partial charge >= 0.3 is 0 Å². The Morgan fingerprint density at radius 1 is 1.42 bits per heavy atom. The van der Waals surface area contributed by atoms with Gasteiger partial charge in [0.15, 0.2) is 0 Å². The first kappa shape index (κ1) is 10.0. The Morgan fingerprint density at radius 2 is 2.17 bits per heavy atom. The lowest BCUT2D eigenvalue weighted by Gasteiger charge is -2.28. The van der Waals surface area contributed by atoms with E-state index in [1.54, 1.807) is 0 Å². The fraction of sp³-hybridized carbons (Fsp3) is 1.00. The van der Waals surface area contributed by atoms with Gasteiger partial charge in [0.1, 0.15) is 0 Å². The first-order valence-electron chi connectivity index (χ1n) is 5.45.